The number of pyridine rings is 1. The second kappa shape index (κ2) is 6.59. The van der Waals surface area contributed by atoms with E-state index in [2.05, 4.69) is 32.1 Å². The molecule has 0 unspecified atom stereocenters. The van der Waals surface area contributed by atoms with Crippen LogP contribution in [0.3, 0.4) is 0 Å². The molecule has 4 nitrogen and oxygen atoms in total. The maximum atomic E-state index is 5.97. The molecule has 0 amide bonds. The Balaban J connectivity index is 1.56. The van der Waals surface area contributed by atoms with E-state index in [0.717, 1.165) is 42.6 Å². The summed E-state index contributed by atoms with van der Waals surface area (Å²) in [6.07, 6.45) is 3.83. The number of benzene rings is 1. The van der Waals surface area contributed by atoms with Crippen molar-refractivity contribution in [2.75, 3.05) is 31.1 Å². The fourth-order valence-corrected chi connectivity index (χ4v) is 2.57. The molecule has 1 aromatic carbocycles. The Kier molecular flexibility index (Phi) is 4.36. The van der Waals surface area contributed by atoms with E-state index in [0.29, 0.717) is 0 Å². The first-order valence-corrected chi connectivity index (χ1v) is 7.45. The Morgan fingerprint density at radius 3 is 2.62 bits per heavy atom. The number of halogens is 1. The van der Waals surface area contributed by atoms with Gasteiger partial charge in [-0.25, -0.2) is 4.98 Å². The maximum absolute atomic E-state index is 5.97. The largest absolute Gasteiger partial charge is 0.289 e. The lowest BCUT2D eigenvalue weighted by Gasteiger charge is -2.28. The van der Waals surface area contributed by atoms with Gasteiger partial charge in [-0.2, -0.15) is 5.10 Å². The molecule has 5 heteroatoms. The molecule has 1 fully saturated rings. The van der Waals surface area contributed by atoms with Crippen molar-refractivity contribution in [3.05, 3.63) is 59.2 Å². The highest BCUT2D eigenvalue weighted by molar-refractivity contribution is 6.30. The van der Waals surface area contributed by atoms with Gasteiger partial charge in [0.15, 0.2) is 0 Å². The van der Waals surface area contributed by atoms with Crippen molar-refractivity contribution in [3.63, 3.8) is 0 Å². The van der Waals surface area contributed by atoms with Crippen LogP contribution in [0.2, 0.25) is 5.02 Å². The van der Waals surface area contributed by atoms with Crippen molar-refractivity contribution in [1.82, 2.24) is 5.01 Å². The highest BCUT2D eigenvalue weighted by atomic mass is 35.5. The number of hydrogen-bond acceptors (Lipinski definition) is 3. The Morgan fingerprint density at radius 2 is 1.90 bits per heavy atom. The van der Waals surface area contributed by atoms with Gasteiger partial charge in [0.25, 0.3) is 5.82 Å². The molecule has 0 atom stereocenters. The minimum atomic E-state index is 0.739. The van der Waals surface area contributed by atoms with Crippen LogP contribution in [0.15, 0.2) is 53.8 Å². The van der Waals surface area contributed by atoms with Crippen LogP contribution < -0.4 is 9.88 Å². The molecule has 21 heavy (non-hydrogen) atoms. The zero-order valence-electron chi connectivity index (χ0n) is 11.7. The molecule has 0 spiro atoms. The van der Waals surface area contributed by atoms with Crippen LogP contribution in [0.1, 0.15) is 5.56 Å². The van der Waals surface area contributed by atoms with Crippen LogP contribution in [0.5, 0.6) is 0 Å². The van der Waals surface area contributed by atoms with Gasteiger partial charge in [-0.05, 0) is 23.8 Å². The van der Waals surface area contributed by atoms with Crippen LogP contribution >= 0.6 is 11.6 Å². The van der Waals surface area contributed by atoms with Crippen molar-refractivity contribution in [1.29, 1.82) is 0 Å². The number of piperazine rings is 1. The summed E-state index contributed by atoms with van der Waals surface area (Å²) < 4.78 is 0. The average molecular weight is 302 g/mol. The number of hydrogen-bond donors (Lipinski definition) is 0. The normalized spacial score (nSPS) is 15.7. The number of anilines is 1. The smallest absolute Gasteiger partial charge is 0.274 e. The average Bonchev–Trinajstić information content (AvgIpc) is 2.54. The summed E-state index contributed by atoms with van der Waals surface area (Å²) in [5.41, 5.74) is 1.03. The molecule has 2 heterocycles. The highest BCUT2D eigenvalue weighted by Crippen LogP contribution is 2.11. The summed E-state index contributed by atoms with van der Waals surface area (Å²) in [4.78, 5) is 5.61. The second-order valence-corrected chi connectivity index (χ2v) is 5.42. The van der Waals surface area contributed by atoms with Gasteiger partial charge < -0.3 is 0 Å². The number of nitrogens with zero attached hydrogens (tertiary/aromatic N) is 3. The van der Waals surface area contributed by atoms with Crippen molar-refractivity contribution in [3.8, 4) is 0 Å². The molecule has 3 rings (SSSR count). The molecular weight excluding hydrogens is 284 g/mol. The summed E-state index contributed by atoms with van der Waals surface area (Å²) in [7, 11) is 0. The third-order valence-corrected chi connectivity index (χ3v) is 3.74. The Morgan fingerprint density at radius 1 is 1.05 bits per heavy atom. The molecule has 2 aromatic rings. The third kappa shape index (κ3) is 3.73. The van der Waals surface area contributed by atoms with Gasteiger partial charge in [0.2, 0.25) is 0 Å². The van der Waals surface area contributed by atoms with Gasteiger partial charge in [0.1, 0.15) is 13.1 Å². The number of aromatic nitrogens is 1. The minimum Gasteiger partial charge on any atom is -0.289 e. The Bertz CT molecular complexity index is 607. The Hall–Kier alpha value is -2.07. The van der Waals surface area contributed by atoms with Gasteiger partial charge in [-0.1, -0.05) is 29.8 Å². The van der Waals surface area contributed by atoms with Gasteiger partial charge in [0.05, 0.1) is 25.5 Å². The van der Waals surface area contributed by atoms with E-state index >= 15 is 0 Å². The van der Waals surface area contributed by atoms with E-state index in [-0.39, 0.29) is 0 Å². The molecule has 108 valence electrons. The summed E-state index contributed by atoms with van der Waals surface area (Å²) >= 11 is 5.97. The zero-order chi connectivity index (χ0) is 14.5. The highest BCUT2D eigenvalue weighted by Gasteiger charge is 2.21. The first kappa shape index (κ1) is 13.9. The first-order chi connectivity index (χ1) is 10.3. The SMILES string of the molecule is Clc1cccc(/C=N\N2CCN(c3cccc[nH+]3)CC2)c1. The van der Waals surface area contributed by atoms with Gasteiger partial charge in [0, 0.05) is 11.1 Å². The van der Waals surface area contributed by atoms with E-state index in [1.165, 1.54) is 0 Å². The lowest BCUT2D eigenvalue weighted by molar-refractivity contribution is -0.364. The van der Waals surface area contributed by atoms with Crippen molar-refractivity contribution in [2.45, 2.75) is 0 Å². The summed E-state index contributed by atoms with van der Waals surface area (Å²) in [6.45, 7) is 3.76. The molecule has 0 saturated carbocycles. The predicted molar refractivity (Wildman–Crippen MR) is 85.8 cm³/mol. The number of hydrazone groups is 1. The second-order valence-electron chi connectivity index (χ2n) is 4.99. The molecule has 0 aliphatic carbocycles. The van der Waals surface area contributed by atoms with Gasteiger partial charge in [-0.3, -0.25) is 9.91 Å². The van der Waals surface area contributed by atoms with E-state index in [4.69, 9.17) is 11.6 Å². The van der Waals surface area contributed by atoms with Crippen molar-refractivity contribution < 1.29 is 4.98 Å². The first-order valence-electron chi connectivity index (χ1n) is 7.07. The van der Waals surface area contributed by atoms with Crippen LogP contribution in [-0.2, 0) is 0 Å². The molecule has 0 bridgehead atoms. The number of nitrogens with one attached hydrogen (secondary N) is 1. The molecule has 1 N–H and O–H groups in total. The fraction of sp³-hybridized carbons (Fsp3) is 0.250. The number of aromatic amines is 1. The van der Waals surface area contributed by atoms with E-state index in [9.17, 15) is 0 Å². The zero-order valence-corrected chi connectivity index (χ0v) is 12.5. The van der Waals surface area contributed by atoms with Gasteiger partial charge in [-0.15, -0.1) is 0 Å². The molecule has 0 radical (unpaired) electrons. The summed E-state index contributed by atoms with van der Waals surface area (Å²) in [5, 5.41) is 7.37. The summed E-state index contributed by atoms with van der Waals surface area (Å²) in [6, 6.07) is 13.9. The summed E-state index contributed by atoms with van der Waals surface area (Å²) in [5.74, 6) is 1.16. The topological polar surface area (TPSA) is 33.0 Å². The lowest BCUT2D eigenvalue weighted by atomic mass is 10.2. The van der Waals surface area contributed by atoms with Crippen LogP contribution in [0.4, 0.5) is 5.82 Å². The lowest BCUT2D eigenvalue weighted by Crippen LogP contribution is -2.45. The molecule has 1 aromatic heterocycles. The molecule has 1 aliphatic heterocycles. The van der Waals surface area contributed by atoms with E-state index in [1.54, 1.807) is 0 Å². The van der Waals surface area contributed by atoms with E-state index < -0.39 is 0 Å². The third-order valence-electron chi connectivity index (χ3n) is 3.51. The quantitative estimate of drug-likeness (QED) is 0.815. The predicted octanol–water partition coefficient (Wildman–Crippen LogP) is 2.31. The maximum Gasteiger partial charge on any atom is 0.274 e. The molecule has 1 saturated heterocycles. The monoisotopic (exact) mass is 301 g/mol. The minimum absolute atomic E-state index is 0.739. The number of rotatable bonds is 3. The van der Waals surface area contributed by atoms with Crippen LogP contribution in [0.25, 0.3) is 0 Å². The van der Waals surface area contributed by atoms with Crippen LogP contribution in [-0.4, -0.2) is 37.4 Å². The molecular formula is C16H18ClN4+. The van der Waals surface area contributed by atoms with E-state index in [1.807, 2.05) is 42.7 Å². The Labute approximate surface area is 129 Å². The van der Waals surface area contributed by atoms with Gasteiger partial charge >= 0.3 is 0 Å². The fourth-order valence-electron chi connectivity index (χ4n) is 2.37. The van der Waals surface area contributed by atoms with Crippen molar-refractivity contribution >= 4 is 23.6 Å². The standard InChI is InChI=1S/C16H17ClN4/c17-15-5-3-4-14(12-15)13-19-21-10-8-20(9-11-21)16-6-1-2-7-18-16/h1-7,12-13H,8-11H2/p+1/b19-13-. The van der Waals surface area contributed by atoms with Crippen molar-refractivity contribution in [2.24, 2.45) is 5.10 Å². The number of H-pyrrole nitrogens is 1. The molecule has 1 aliphatic rings. The van der Waals surface area contributed by atoms with Crippen LogP contribution in [0, 0.1) is 0 Å².